The molecule has 0 bridgehead atoms. The number of carboxylic acid groups (broad SMARTS) is 1. The van der Waals surface area contributed by atoms with Crippen molar-refractivity contribution in [2.45, 2.75) is 26.6 Å². The van der Waals surface area contributed by atoms with Gasteiger partial charge in [0.1, 0.15) is 6.54 Å². The van der Waals surface area contributed by atoms with Crippen LogP contribution >= 0.6 is 0 Å². The average molecular weight is 265 g/mol. The molecule has 1 aromatic carbocycles. The van der Waals surface area contributed by atoms with Crippen LogP contribution in [0.3, 0.4) is 0 Å². The summed E-state index contributed by atoms with van der Waals surface area (Å²) in [6, 6.07) is 9.66. The van der Waals surface area contributed by atoms with Crippen LogP contribution in [-0.4, -0.2) is 29.6 Å². The van der Waals surface area contributed by atoms with Crippen molar-refractivity contribution in [2.75, 3.05) is 6.54 Å². The van der Waals surface area contributed by atoms with Crippen molar-refractivity contribution in [3.8, 4) is 0 Å². The fraction of sp³-hybridized carbons (Fsp3) is 0.429. The van der Waals surface area contributed by atoms with Crippen LogP contribution < -0.4 is 5.32 Å². The van der Waals surface area contributed by atoms with E-state index in [-0.39, 0.29) is 18.6 Å². The molecule has 0 saturated carbocycles. The molecule has 19 heavy (non-hydrogen) atoms. The van der Waals surface area contributed by atoms with E-state index in [9.17, 15) is 9.59 Å². The Morgan fingerprint density at radius 1 is 1.26 bits per heavy atom. The van der Waals surface area contributed by atoms with Crippen LogP contribution in [0.2, 0.25) is 0 Å². The fourth-order valence-electron chi connectivity index (χ4n) is 1.48. The van der Waals surface area contributed by atoms with Gasteiger partial charge in [0.15, 0.2) is 0 Å². The lowest BCUT2D eigenvalue weighted by Crippen LogP contribution is -2.38. The number of carbonyl (C=O) groups excluding carboxylic acids is 1. The average Bonchev–Trinajstić information content (AvgIpc) is 2.42. The number of benzene rings is 1. The highest BCUT2D eigenvalue weighted by Crippen LogP contribution is 2.10. The maximum Gasteiger partial charge on any atom is 0.322 e. The van der Waals surface area contributed by atoms with Gasteiger partial charge in [-0.3, -0.25) is 9.59 Å². The topological polar surface area (TPSA) is 75.6 Å². The minimum absolute atomic E-state index is 0.283. The molecule has 1 aromatic rings. The number of amides is 1. The van der Waals surface area contributed by atoms with Crippen LogP contribution in [-0.2, 0) is 20.9 Å². The van der Waals surface area contributed by atoms with Crippen molar-refractivity contribution in [2.24, 2.45) is 5.92 Å². The second-order valence-electron chi connectivity index (χ2n) is 4.40. The summed E-state index contributed by atoms with van der Waals surface area (Å²) in [6.45, 7) is 3.58. The molecule has 2 N–H and O–H groups in total. The predicted molar refractivity (Wildman–Crippen MR) is 70.5 cm³/mol. The van der Waals surface area contributed by atoms with Crippen molar-refractivity contribution < 1.29 is 19.4 Å². The van der Waals surface area contributed by atoms with Gasteiger partial charge in [-0.25, -0.2) is 0 Å². The largest absolute Gasteiger partial charge is 0.480 e. The van der Waals surface area contributed by atoms with E-state index in [4.69, 9.17) is 9.84 Å². The SMILES string of the molecule is CC(OCc1ccccc1)[C@@H](C)C(=O)NCC(=O)O. The molecule has 1 unspecified atom stereocenters. The third-order valence-electron chi connectivity index (χ3n) is 2.89. The summed E-state index contributed by atoms with van der Waals surface area (Å²) < 4.78 is 5.61. The minimum Gasteiger partial charge on any atom is -0.480 e. The van der Waals surface area contributed by atoms with Crippen molar-refractivity contribution in [3.05, 3.63) is 35.9 Å². The molecule has 0 aliphatic rings. The number of ether oxygens (including phenoxy) is 1. The number of nitrogens with one attached hydrogen (secondary N) is 1. The van der Waals surface area contributed by atoms with Crippen molar-refractivity contribution in [3.63, 3.8) is 0 Å². The summed E-state index contributed by atoms with van der Waals surface area (Å²) in [4.78, 5) is 22.0. The zero-order valence-electron chi connectivity index (χ0n) is 11.1. The van der Waals surface area contributed by atoms with Gasteiger partial charge in [-0.15, -0.1) is 0 Å². The Morgan fingerprint density at radius 2 is 1.89 bits per heavy atom. The highest BCUT2D eigenvalue weighted by atomic mass is 16.5. The first-order valence-electron chi connectivity index (χ1n) is 6.15. The van der Waals surface area contributed by atoms with Crippen molar-refractivity contribution >= 4 is 11.9 Å². The van der Waals surface area contributed by atoms with Gasteiger partial charge in [0, 0.05) is 0 Å². The van der Waals surface area contributed by atoms with Gasteiger partial charge >= 0.3 is 5.97 Å². The van der Waals surface area contributed by atoms with Gasteiger partial charge in [0.2, 0.25) is 5.91 Å². The summed E-state index contributed by atoms with van der Waals surface area (Å²) in [5, 5.41) is 10.8. The van der Waals surface area contributed by atoms with Crippen LogP contribution in [0.1, 0.15) is 19.4 Å². The number of hydrogen-bond acceptors (Lipinski definition) is 3. The van der Waals surface area contributed by atoms with Crippen LogP contribution in [0.15, 0.2) is 30.3 Å². The molecule has 0 saturated heterocycles. The maximum absolute atomic E-state index is 11.6. The number of aliphatic carboxylic acids is 1. The van der Waals surface area contributed by atoms with Gasteiger partial charge in [-0.2, -0.15) is 0 Å². The third-order valence-corrected chi connectivity index (χ3v) is 2.89. The first kappa shape index (κ1) is 15.2. The van der Waals surface area contributed by atoms with Crippen LogP contribution in [0.25, 0.3) is 0 Å². The van der Waals surface area contributed by atoms with E-state index in [0.717, 1.165) is 5.56 Å². The molecule has 0 aromatic heterocycles. The van der Waals surface area contributed by atoms with Crippen LogP contribution in [0, 0.1) is 5.92 Å². The van der Waals surface area contributed by atoms with Crippen LogP contribution in [0.4, 0.5) is 0 Å². The molecule has 2 atom stereocenters. The predicted octanol–water partition coefficient (Wildman–Crippen LogP) is 1.43. The molecule has 0 spiro atoms. The monoisotopic (exact) mass is 265 g/mol. The lowest BCUT2D eigenvalue weighted by Gasteiger charge is -2.19. The Hall–Kier alpha value is -1.88. The molecule has 0 aliphatic heterocycles. The van der Waals surface area contributed by atoms with Gasteiger partial charge in [0.05, 0.1) is 18.6 Å². The summed E-state index contributed by atoms with van der Waals surface area (Å²) >= 11 is 0. The van der Waals surface area contributed by atoms with E-state index < -0.39 is 11.9 Å². The quantitative estimate of drug-likeness (QED) is 0.782. The standard InChI is InChI=1S/C14H19NO4/c1-10(14(18)15-8-13(16)17)11(2)19-9-12-6-4-3-5-7-12/h3-7,10-11H,8-9H2,1-2H3,(H,15,18)(H,16,17)/t10-,11?/m1/s1. The summed E-state index contributed by atoms with van der Waals surface area (Å²) in [6.07, 6.45) is -0.283. The lowest BCUT2D eigenvalue weighted by atomic mass is 10.1. The van der Waals surface area contributed by atoms with Gasteiger partial charge < -0.3 is 15.2 Å². The smallest absolute Gasteiger partial charge is 0.322 e. The number of carboxylic acids is 1. The van der Waals surface area contributed by atoms with E-state index in [1.54, 1.807) is 13.8 Å². The van der Waals surface area contributed by atoms with E-state index in [1.807, 2.05) is 30.3 Å². The zero-order chi connectivity index (χ0) is 14.3. The van der Waals surface area contributed by atoms with Crippen molar-refractivity contribution in [1.82, 2.24) is 5.32 Å². The summed E-state index contributed by atoms with van der Waals surface area (Å²) in [5.41, 5.74) is 1.03. The molecular formula is C14H19NO4. The molecule has 1 amide bonds. The first-order chi connectivity index (χ1) is 9.00. The zero-order valence-corrected chi connectivity index (χ0v) is 11.1. The number of rotatable bonds is 7. The Balaban J connectivity index is 2.37. The molecule has 0 radical (unpaired) electrons. The van der Waals surface area contributed by atoms with Gasteiger partial charge in [0.25, 0.3) is 0 Å². The van der Waals surface area contributed by atoms with E-state index in [2.05, 4.69) is 5.32 Å². The first-order valence-corrected chi connectivity index (χ1v) is 6.15. The highest BCUT2D eigenvalue weighted by Gasteiger charge is 2.21. The number of hydrogen-bond donors (Lipinski definition) is 2. The maximum atomic E-state index is 11.6. The second kappa shape index (κ2) is 7.53. The Bertz CT molecular complexity index is 419. The Morgan fingerprint density at radius 3 is 2.47 bits per heavy atom. The van der Waals surface area contributed by atoms with Gasteiger partial charge in [-0.1, -0.05) is 37.3 Å². The van der Waals surface area contributed by atoms with Crippen molar-refractivity contribution in [1.29, 1.82) is 0 Å². The molecule has 0 fully saturated rings. The molecule has 104 valence electrons. The fourth-order valence-corrected chi connectivity index (χ4v) is 1.48. The molecule has 0 heterocycles. The highest BCUT2D eigenvalue weighted by molar-refractivity contribution is 5.82. The molecule has 5 heteroatoms. The second-order valence-corrected chi connectivity index (χ2v) is 4.40. The molecule has 5 nitrogen and oxygen atoms in total. The minimum atomic E-state index is -1.06. The van der Waals surface area contributed by atoms with E-state index in [0.29, 0.717) is 6.61 Å². The molecular weight excluding hydrogens is 246 g/mol. The lowest BCUT2D eigenvalue weighted by molar-refractivity contribution is -0.139. The third kappa shape index (κ3) is 5.52. The van der Waals surface area contributed by atoms with Crippen LogP contribution in [0.5, 0.6) is 0 Å². The number of carbonyl (C=O) groups is 2. The molecule has 1 rings (SSSR count). The Kier molecular flexibility index (Phi) is 6.02. The van der Waals surface area contributed by atoms with Gasteiger partial charge in [-0.05, 0) is 12.5 Å². The normalized spacial score (nSPS) is 13.6. The van der Waals surface area contributed by atoms with E-state index in [1.165, 1.54) is 0 Å². The summed E-state index contributed by atoms with van der Waals surface area (Å²) in [7, 11) is 0. The summed E-state index contributed by atoms with van der Waals surface area (Å²) in [5.74, 6) is -1.77. The Labute approximate surface area is 112 Å². The molecule has 0 aliphatic carbocycles. The van der Waals surface area contributed by atoms with E-state index >= 15 is 0 Å².